The summed E-state index contributed by atoms with van der Waals surface area (Å²) in [6.45, 7) is 2.57. The number of nitrogens with zero attached hydrogens (tertiary/aromatic N) is 4. The standard InChI is InChI=1S/C21H22N4O/c1-24(15-18-10-8-16-6-2-3-7-19(16)23-18)21(26)17-9-11-20(22-14-17)25-12-4-5-13-25/h2-3,6-11,14H,4-5,12-13,15H2,1H3. The normalized spacial score (nSPS) is 14.0. The maximum atomic E-state index is 12.7. The van der Waals surface area contributed by atoms with Gasteiger partial charge in [0.05, 0.1) is 23.3 Å². The first kappa shape index (κ1) is 16.5. The maximum absolute atomic E-state index is 12.7. The summed E-state index contributed by atoms with van der Waals surface area (Å²) >= 11 is 0. The van der Waals surface area contributed by atoms with Crippen LogP contribution in [0.4, 0.5) is 5.82 Å². The Labute approximate surface area is 153 Å². The molecule has 26 heavy (non-hydrogen) atoms. The Morgan fingerprint density at radius 1 is 1.08 bits per heavy atom. The van der Waals surface area contributed by atoms with Gasteiger partial charge in [0.25, 0.3) is 5.91 Å². The molecular weight excluding hydrogens is 324 g/mol. The SMILES string of the molecule is CN(Cc1ccc2ccccc2n1)C(=O)c1ccc(N2CCCC2)nc1. The van der Waals surface area contributed by atoms with Crippen molar-refractivity contribution < 1.29 is 4.79 Å². The lowest BCUT2D eigenvalue weighted by atomic mass is 10.2. The molecule has 3 aromatic rings. The van der Waals surface area contributed by atoms with Crippen LogP contribution in [-0.4, -0.2) is 40.9 Å². The first-order chi connectivity index (χ1) is 12.7. The van der Waals surface area contributed by atoms with E-state index in [2.05, 4.69) is 14.9 Å². The first-order valence-corrected chi connectivity index (χ1v) is 9.02. The number of amides is 1. The maximum Gasteiger partial charge on any atom is 0.255 e. The molecule has 0 spiro atoms. The van der Waals surface area contributed by atoms with Crippen molar-refractivity contribution >= 4 is 22.6 Å². The van der Waals surface area contributed by atoms with Crippen molar-refractivity contribution in [2.24, 2.45) is 0 Å². The van der Waals surface area contributed by atoms with Gasteiger partial charge in [0.1, 0.15) is 5.82 Å². The number of para-hydroxylation sites is 1. The molecule has 0 atom stereocenters. The molecule has 0 unspecified atom stereocenters. The number of hydrogen-bond donors (Lipinski definition) is 0. The molecule has 0 radical (unpaired) electrons. The van der Waals surface area contributed by atoms with E-state index in [1.54, 1.807) is 18.1 Å². The number of aromatic nitrogens is 2. The Kier molecular flexibility index (Phi) is 4.52. The third kappa shape index (κ3) is 3.38. The van der Waals surface area contributed by atoms with Gasteiger partial charge in [-0.15, -0.1) is 0 Å². The fourth-order valence-electron chi connectivity index (χ4n) is 3.38. The zero-order valence-electron chi connectivity index (χ0n) is 14.9. The van der Waals surface area contributed by atoms with E-state index < -0.39 is 0 Å². The molecule has 2 aromatic heterocycles. The number of hydrogen-bond acceptors (Lipinski definition) is 4. The van der Waals surface area contributed by atoms with Crippen LogP contribution in [0.15, 0.2) is 54.7 Å². The summed E-state index contributed by atoms with van der Waals surface area (Å²) in [4.78, 5) is 25.8. The molecule has 5 nitrogen and oxygen atoms in total. The second kappa shape index (κ2) is 7.12. The smallest absolute Gasteiger partial charge is 0.255 e. The van der Waals surface area contributed by atoms with Crippen LogP contribution >= 0.6 is 0 Å². The fraction of sp³-hybridized carbons (Fsp3) is 0.286. The highest BCUT2D eigenvalue weighted by atomic mass is 16.2. The van der Waals surface area contributed by atoms with Gasteiger partial charge >= 0.3 is 0 Å². The molecule has 1 aliphatic rings. The molecule has 5 heteroatoms. The molecule has 0 N–H and O–H groups in total. The second-order valence-electron chi connectivity index (χ2n) is 6.76. The number of carbonyl (C=O) groups is 1. The van der Waals surface area contributed by atoms with E-state index in [1.807, 2.05) is 48.5 Å². The van der Waals surface area contributed by atoms with Crippen LogP contribution in [0.25, 0.3) is 10.9 Å². The summed E-state index contributed by atoms with van der Waals surface area (Å²) < 4.78 is 0. The van der Waals surface area contributed by atoms with Gasteiger partial charge in [-0.05, 0) is 37.1 Å². The molecular formula is C21H22N4O. The fourth-order valence-corrected chi connectivity index (χ4v) is 3.38. The van der Waals surface area contributed by atoms with Gasteiger partial charge in [-0.3, -0.25) is 9.78 Å². The number of carbonyl (C=O) groups excluding carboxylic acids is 1. The van der Waals surface area contributed by atoms with Crippen molar-refractivity contribution in [3.05, 3.63) is 66.0 Å². The minimum atomic E-state index is -0.0413. The molecule has 0 saturated carbocycles. The summed E-state index contributed by atoms with van der Waals surface area (Å²) in [5.74, 6) is 0.915. The minimum Gasteiger partial charge on any atom is -0.357 e. The van der Waals surface area contributed by atoms with Crippen LogP contribution in [-0.2, 0) is 6.54 Å². The largest absolute Gasteiger partial charge is 0.357 e. The van der Waals surface area contributed by atoms with E-state index in [0.717, 1.165) is 35.5 Å². The van der Waals surface area contributed by atoms with Crippen LogP contribution in [0.1, 0.15) is 28.9 Å². The highest BCUT2D eigenvalue weighted by Crippen LogP contribution is 2.18. The lowest BCUT2D eigenvalue weighted by molar-refractivity contribution is 0.0783. The van der Waals surface area contributed by atoms with Crippen molar-refractivity contribution in [3.63, 3.8) is 0 Å². The van der Waals surface area contributed by atoms with E-state index in [-0.39, 0.29) is 5.91 Å². The predicted octanol–water partition coefficient (Wildman–Crippen LogP) is 3.50. The molecule has 3 heterocycles. The lowest BCUT2D eigenvalue weighted by Crippen LogP contribution is -2.27. The van der Waals surface area contributed by atoms with E-state index in [9.17, 15) is 4.79 Å². The summed E-state index contributed by atoms with van der Waals surface area (Å²) in [5.41, 5.74) is 2.43. The molecule has 1 aliphatic heterocycles. The Morgan fingerprint density at radius 2 is 1.88 bits per heavy atom. The number of benzene rings is 1. The zero-order chi connectivity index (χ0) is 17.9. The molecule has 1 saturated heterocycles. The van der Waals surface area contributed by atoms with E-state index in [4.69, 9.17) is 0 Å². The summed E-state index contributed by atoms with van der Waals surface area (Å²) in [7, 11) is 1.80. The molecule has 0 aliphatic carbocycles. The van der Waals surface area contributed by atoms with Gasteiger partial charge in [-0.1, -0.05) is 24.3 Å². The number of pyridine rings is 2. The van der Waals surface area contributed by atoms with E-state index >= 15 is 0 Å². The van der Waals surface area contributed by atoms with Crippen LogP contribution < -0.4 is 4.90 Å². The third-order valence-electron chi connectivity index (χ3n) is 4.83. The second-order valence-corrected chi connectivity index (χ2v) is 6.76. The van der Waals surface area contributed by atoms with Crippen molar-refractivity contribution in [1.82, 2.24) is 14.9 Å². The molecule has 132 valence electrons. The van der Waals surface area contributed by atoms with E-state index in [1.165, 1.54) is 12.8 Å². The van der Waals surface area contributed by atoms with Gasteiger partial charge < -0.3 is 9.80 Å². The van der Waals surface area contributed by atoms with Crippen LogP contribution in [0.3, 0.4) is 0 Å². The number of fused-ring (bicyclic) bond motifs is 1. The van der Waals surface area contributed by atoms with Crippen LogP contribution in [0, 0.1) is 0 Å². The predicted molar refractivity (Wildman–Crippen MR) is 103 cm³/mol. The zero-order valence-corrected chi connectivity index (χ0v) is 14.9. The molecule has 1 fully saturated rings. The molecule has 1 amide bonds. The summed E-state index contributed by atoms with van der Waals surface area (Å²) in [6, 6.07) is 15.8. The van der Waals surface area contributed by atoms with Gasteiger partial charge in [-0.25, -0.2) is 4.98 Å². The Morgan fingerprint density at radius 3 is 2.65 bits per heavy atom. The molecule has 1 aromatic carbocycles. The highest BCUT2D eigenvalue weighted by molar-refractivity contribution is 5.94. The minimum absolute atomic E-state index is 0.0413. The first-order valence-electron chi connectivity index (χ1n) is 9.02. The Hall–Kier alpha value is -2.95. The molecule has 0 bridgehead atoms. The topological polar surface area (TPSA) is 49.3 Å². The van der Waals surface area contributed by atoms with Gasteiger partial charge in [0.15, 0.2) is 0 Å². The van der Waals surface area contributed by atoms with Crippen molar-refractivity contribution in [1.29, 1.82) is 0 Å². The van der Waals surface area contributed by atoms with Crippen LogP contribution in [0.2, 0.25) is 0 Å². The molecule has 4 rings (SSSR count). The van der Waals surface area contributed by atoms with Gasteiger partial charge in [0.2, 0.25) is 0 Å². The average Bonchev–Trinajstić information content (AvgIpc) is 3.22. The number of anilines is 1. The quantitative estimate of drug-likeness (QED) is 0.725. The van der Waals surface area contributed by atoms with Crippen molar-refractivity contribution in [2.45, 2.75) is 19.4 Å². The average molecular weight is 346 g/mol. The van der Waals surface area contributed by atoms with Gasteiger partial charge in [0, 0.05) is 31.7 Å². The highest BCUT2D eigenvalue weighted by Gasteiger charge is 2.16. The third-order valence-corrected chi connectivity index (χ3v) is 4.83. The Balaban J connectivity index is 1.46. The van der Waals surface area contributed by atoms with E-state index in [0.29, 0.717) is 12.1 Å². The monoisotopic (exact) mass is 346 g/mol. The van der Waals surface area contributed by atoms with Crippen LogP contribution in [0.5, 0.6) is 0 Å². The van der Waals surface area contributed by atoms with Gasteiger partial charge in [-0.2, -0.15) is 0 Å². The lowest BCUT2D eigenvalue weighted by Gasteiger charge is -2.19. The van der Waals surface area contributed by atoms with Crippen molar-refractivity contribution in [2.75, 3.05) is 25.0 Å². The summed E-state index contributed by atoms with van der Waals surface area (Å²) in [5, 5.41) is 1.10. The summed E-state index contributed by atoms with van der Waals surface area (Å²) in [6.07, 6.45) is 4.11. The Bertz CT molecular complexity index is 917. The van der Waals surface area contributed by atoms with Crippen molar-refractivity contribution in [3.8, 4) is 0 Å². The number of rotatable bonds is 4.